The second kappa shape index (κ2) is 13.8. The normalized spacial score (nSPS) is 10.6. The van der Waals surface area contributed by atoms with Crippen molar-refractivity contribution in [2.75, 3.05) is 11.9 Å². The van der Waals surface area contributed by atoms with Crippen LogP contribution in [0.3, 0.4) is 0 Å². The van der Waals surface area contributed by atoms with E-state index in [1.165, 1.54) is 51.4 Å². The van der Waals surface area contributed by atoms with Crippen molar-refractivity contribution in [2.24, 2.45) is 0 Å². The van der Waals surface area contributed by atoms with E-state index in [9.17, 15) is 4.79 Å². The Balaban J connectivity index is 1.55. The Bertz CT molecular complexity index is 652. The largest absolute Gasteiger partial charge is 0.427 e. The van der Waals surface area contributed by atoms with Gasteiger partial charge in [-0.25, -0.2) is 0 Å². The first-order valence-electron chi connectivity index (χ1n) is 10.9. The second-order valence-electron chi connectivity index (χ2n) is 7.39. The molecular formula is C25H35NO2. The van der Waals surface area contributed by atoms with Crippen molar-refractivity contribution in [3.05, 3.63) is 60.2 Å². The second-order valence-corrected chi connectivity index (χ2v) is 7.39. The molecule has 0 radical (unpaired) electrons. The van der Waals surface area contributed by atoms with Crippen LogP contribution in [0.2, 0.25) is 0 Å². The van der Waals surface area contributed by atoms with Gasteiger partial charge in [0.2, 0.25) is 0 Å². The van der Waals surface area contributed by atoms with Crippen molar-refractivity contribution in [3.8, 4) is 5.75 Å². The van der Waals surface area contributed by atoms with E-state index in [4.69, 9.17) is 4.74 Å². The number of hydrogen-bond donors (Lipinski definition) is 1. The van der Waals surface area contributed by atoms with Crippen LogP contribution < -0.4 is 10.1 Å². The quantitative estimate of drug-likeness (QED) is 0.223. The van der Waals surface area contributed by atoms with Crippen LogP contribution >= 0.6 is 0 Å². The molecule has 0 aliphatic heterocycles. The Hall–Kier alpha value is -2.29. The minimum Gasteiger partial charge on any atom is -0.427 e. The number of carbonyl (C=O) groups excluding carboxylic acids is 1. The smallest absolute Gasteiger partial charge is 0.311 e. The standard InChI is InChI=1S/C25H35NO2/c1-2-3-4-5-6-7-8-12-21-26-23-18-15-22(16-19-23)17-20-25(27)28-24-13-10-9-11-14-24/h9-11,13-16,18-19,26H,2-8,12,17,20-21H2,1H3. The SMILES string of the molecule is CCCCCCCCCCNc1ccc(CCC(=O)Oc2ccccc2)cc1. The van der Waals surface area contributed by atoms with Gasteiger partial charge >= 0.3 is 5.97 Å². The van der Waals surface area contributed by atoms with Crippen molar-refractivity contribution in [1.29, 1.82) is 0 Å². The predicted molar refractivity (Wildman–Crippen MR) is 118 cm³/mol. The molecule has 3 nitrogen and oxygen atoms in total. The van der Waals surface area contributed by atoms with Crippen LogP contribution in [0.15, 0.2) is 54.6 Å². The number of para-hydroxylation sites is 1. The summed E-state index contributed by atoms with van der Waals surface area (Å²) in [6, 6.07) is 17.6. The number of carbonyl (C=O) groups is 1. The Kier molecular flexibility index (Phi) is 10.9. The monoisotopic (exact) mass is 381 g/mol. The summed E-state index contributed by atoms with van der Waals surface area (Å²) in [7, 11) is 0. The minimum atomic E-state index is -0.192. The van der Waals surface area contributed by atoms with Crippen molar-refractivity contribution >= 4 is 11.7 Å². The number of anilines is 1. The van der Waals surface area contributed by atoms with Gasteiger partial charge < -0.3 is 10.1 Å². The lowest BCUT2D eigenvalue weighted by molar-refractivity contribution is -0.134. The molecule has 0 heterocycles. The molecule has 0 spiro atoms. The van der Waals surface area contributed by atoms with Crippen LogP contribution in [-0.4, -0.2) is 12.5 Å². The Morgan fingerprint density at radius 2 is 1.46 bits per heavy atom. The lowest BCUT2D eigenvalue weighted by Crippen LogP contribution is -2.09. The van der Waals surface area contributed by atoms with Gasteiger partial charge in [0.25, 0.3) is 0 Å². The van der Waals surface area contributed by atoms with Gasteiger partial charge in [-0.1, -0.05) is 82.2 Å². The molecule has 0 saturated carbocycles. The summed E-state index contributed by atoms with van der Waals surface area (Å²) in [6.45, 7) is 3.29. The van der Waals surface area contributed by atoms with Gasteiger partial charge in [0.05, 0.1) is 0 Å². The summed E-state index contributed by atoms with van der Waals surface area (Å²) in [4.78, 5) is 11.9. The predicted octanol–water partition coefficient (Wildman–Crippen LogP) is 6.78. The molecule has 0 fully saturated rings. The van der Waals surface area contributed by atoms with Crippen molar-refractivity contribution < 1.29 is 9.53 Å². The van der Waals surface area contributed by atoms with E-state index in [0.29, 0.717) is 18.6 Å². The zero-order valence-corrected chi connectivity index (χ0v) is 17.3. The van der Waals surface area contributed by atoms with Gasteiger partial charge in [-0.05, 0) is 42.7 Å². The van der Waals surface area contributed by atoms with E-state index in [-0.39, 0.29) is 5.97 Å². The van der Waals surface area contributed by atoms with Gasteiger partial charge in [0, 0.05) is 18.7 Å². The van der Waals surface area contributed by atoms with Crippen LogP contribution in [0.5, 0.6) is 5.75 Å². The molecule has 0 unspecified atom stereocenters. The Morgan fingerprint density at radius 3 is 2.14 bits per heavy atom. The van der Waals surface area contributed by atoms with Crippen LogP contribution in [0.4, 0.5) is 5.69 Å². The van der Waals surface area contributed by atoms with Crippen molar-refractivity contribution in [2.45, 2.75) is 71.1 Å². The molecule has 2 aromatic carbocycles. The van der Waals surface area contributed by atoms with E-state index in [1.807, 2.05) is 18.2 Å². The summed E-state index contributed by atoms with van der Waals surface area (Å²) >= 11 is 0. The molecule has 152 valence electrons. The maximum absolute atomic E-state index is 11.9. The third-order valence-corrected chi connectivity index (χ3v) is 4.91. The zero-order chi connectivity index (χ0) is 19.9. The van der Waals surface area contributed by atoms with Gasteiger partial charge in [-0.2, -0.15) is 0 Å². The van der Waals surface area contributed by atoms with Crippen LogP contribution in [0.25, 0.3) is 0 Å². The fourth-order valence-corrected chi connectivity index (χ4v) is 3.20. The van der Waals surface area contributed by atoms with Gasteiger partial charge in [0.15, 0.2) is 0 Å². The summed E-state index contributed by atoms with van der Waals surface area (Å²) in [5.74, 6) is 0.413. The molecule has 0 amide bonds. The van der Waals surface area contributed by atoms with Crippen LogP contribution in [-0.2, 0) is 11.2 Å². The molecule has 0 aliphatic carbocycles. The first-order valence-corrected chi connectivity index (χ1v) is 10.9. The Morgan fingerprint density at radius 1 is 0.821 bits per heavy atom. The number of ether oxygens (including phenoxy) is 1. The van der Waals surface area contributed by atoms with E-state index in [1.54, 1.807) is 12.1 Å². The third kappa shape index (κ3) is 9.59. The first-order chi connectivity index (χ1) is 13.8. The average Bonchev–Trinajstić information content (AvgIpc) is 2.73. The van der Waals surface area contributed by atoms with Crippen molar-refractivity contribution in [3.63, 3.8) is 0 Å². The molecule has 0 aromatic heterocycles. The van der Waals surface area contributed by atoms with E-state index < -0.39 is 0 Å². The molecule has 2 aromatic rings. The Labute approximate surface area is 170 Å². The van der Waals surface area contributed by atoms with Crippen molar-refractivity contribution in [1.82, 2.24) is 0 Å². The maximum Gasteiger partial charge on any atom is 0.311 e. The molecule has 2 rings (SSSR count). The van der Waals surface area contributed by atoms with E-state index >= 15 is 0 Å². The highest BCUT2D eigenvalue weighted by atomic mass is 16.5. The summed E-state index contributed by atoms with van der Waals surface area (Å²) in [5.41, 5.74) is 2.31. The first kappa shape index (κ1) is 22.0. The number of esters is 1. The molecule has 0 saturated heterocycles. The fraction of sp³-hybridized carbons (Fsp3) is 0.480. The average molecular weight is 382 g/mol. The molecule has 0 bridgehead atoms. The number of benzene rings is 2. The number of unbranched alkanes of at least 4 members (excludes halogenated alkanes) is 7. The van der Waals surface area contributed by atoms with Gasteiger partial charge in [0.1, 0.15) is 5.75 Å². The molecular weight excluding hydrogens is 346 g/mol. The molecule has 28 heavy (non-hydrogen) atoms. The van der Waals surface area contributed by atoms with Gasteiger partial charge in [-0.15, -0.1) is 0 Å². The number of nitrogens with one attached hydrogen (secondary N) is 1. The van der Waals surface area contributed by atoms with Crippen LogP contribution in [0, 0.1) is 0 Å². The topological polar surface area (TPSA) is 38.3 Å². The molecule has 1 N–H and O–H groups in total. The number of hydrogen-bond acceptors (Lipinski definition) is 3. The molecule has 3 heteroatoms. The number of rotatable bonds is 14. The lowest BCUT2D eigenvalue weighted by atomic mass is 10.1. The van der Waals surface area contributed by atoms with Gasteiger partial charge in [-0.3, -0.25) is 4.79 Å². The highest BCUT2D eigenvalue weighted by molar-refractivity contribution is 5.72. The maximum atomic E-state index is 11.9. The molecule has 0 atom stereocenters. The summed E-state index contributed by atoms with van der Waals surface area (Å²) in [6.07, 6.45) is 11.8. The highest BCUT2D eigenvalue weighted by Gasteiger charge is 2.05. The lowest BCUT2D eigenvalue weighted by Gasteiger charge is -2.08. The zero-order valence-electron chi connectivity index (χ0n) is 17.3. The summed E-state index contributed by atoms with van der Waals surface area (Å²) in [5, 5.41) is 3.49. The summed E-state index contributed by atoms with van der Waals surface area (Å²) < 4.78 is 5.32. The molecule has 0 aliphatic rings. The van der Waals surface area contributed by atoms with E-state index in [0.717, 1.165) is 17.8 Å². The van der Waals surface area contributed by atoms with Crippen LogP contribution in [0.1, 0.15) is 70.3 Å². The third-order valence-electron chi connectivity index (χ3n) is 4.91. The number of aryl methyl sites for hydroxylation is 1. The van der Waals surface area contributed by atoms with E-state index in [2.05, 4.69) is 36.5 Å². The highest BCUT2D eigenvalue weighted by Crippen LogP contribution is 2.14. The fourth-order valence-electron chi connectivity index (χ4n) is 3.20. The minimum absolute atomic E-state index is 0.192.